The molecule has 0 bridgehead atoms. The summed E-state index contributed by atoms with van der Waals surface area (Å²) in [7, 11) is 1.50. The van der Waals surface area contributed by atoms with Crippen LogP contribution in [0.25, 0.3) is 0 Å². The van der Waals surface area contributed by atoms with Crippen molar-refractivity contribution < 1.29 is 9.66 Å². The van der Waals surface area contributed by atoms with Gasteiger partial charge in [0.25, 0.3) is 5.69 Å². The Kier molecular flexibility index (Phi) is 4.44. The van der Waals surface area contributed by atoms with Gasteiger partial charge in [0.2, 0.25) is 0 Å². The van der Waals surface area contributed by atoms with Gasteiger partial charge in [-0.2, -0.15) is 0 Å². The molecule has 0 saturated carbocycles. The lowest BCUT2D eigenvalue weighted by Gasteiger charge is -2.39. The van der Waals surface area contributed by atoms with Crippen molar-refractivity contribution in [2.75, 3.05) is 12.5 Å². The van der Waals surface area contributed by atoms with Gasteiger partial charge in [-0.1, -0.05) is 6.42 Å². The van der Waals surface area contributed by atoms with E-state index in [0.717, 1.165) is 12.8 Å². The number of methoxy groups -OCH3 is 1. The molecule has 0 amide bonds. The lowest BCUT2D eigenvalue weighted by molar-refractivity contribution is -0.384. The maximum atomic E-state index is 11.2. The predicted octanol–water partition coefficient (Wildman–Crippen LogP) is 3.19. The number of anilines is 1. The van der Waals surface area contributed by atoms with Gasteiger partial charge in [0.1, 0.15) is 11.4 Å². The van der Waals surface area contributed by atoms with Crippen molar-refractivity contribution in [3.63, 3.8) is 0 Å². The van der Waals surface area contributed by atoms with Crippen LogP contribution in [0.5, 0.6) is 5.75 Å². The molecular formula is C14H21N3O3. The van der Waals surface area contributed by atoms with Gasteiger partial charge >= 0.3 is 0 Å². The van der Waals surface area contributed by atoms with Crippen LogP contribution in [0.1, 0.15) is 33.1 Å². The van der Waals surface area contributed by atoms with Crippen LogP contribution >= 0.6 is 0 Å². The van der Waals surface area contributed by atoms with Gasteiger partial charge in [0.15, 0.2) is 0 Å². The molecule has 1 heterocycles. The summed E-state index contributed by atoms with van der Waals surface area (Å²) < 4.78 is 5.05. The summed E-state index contributed by atoms with van der Waals surface area (Å²) in [6, 6.07) is 5.60. The van der Waals surface area contributed by atoms with E-state index in [-0.39, 0.29) is 10.6 Å². The zero-order valence-corrected chi connectivity index (χ0v) is 12.1. The molecule has 0 aromatic heterocycles. The van der Waals surface area contributed by atoms with Crippen molar-refractivity contribution in [1.82, 2.24) is 5.01 Å². The number of hydrazine groups is 1. The standard InChI is InChI=1S/C14H21N3O3/c1-10-5-4-6-11(2)16(10)15-13-8-7-12(20-3)9-14(13)17(18)19/h7-11,15H,4-6H2,1-3H3. The minimum Gasteiger partial charge on any atom is -0.496 e. The number of ether oxygens (including phenoxy) is 1. The van der Waals surface area contributed by atoms with E-state index in [1.54, 1.807) is 12.1 Å². The van der Waals surface area contributed by atoms with Gasteiger partial charge in [-0.3, -0.25) is 10.1 Å². The van der Waals surface area contributed by atoms with E-state index < -0.39 is 0 Å². The molecule has 0 radical (unpaired) electrons. The SMILES string of the molecule is COc1ccc(NN2C(C)CCCC2C)c([N+](=O)[O-])c1. The summed E-state index contributed by atoms with van der Waals surface area (Å²) in [4.78, 5) is 10.8. The summed E-state index contributed by atoms with van der Waals surface area (Å²) in [5.74, 6) is 0.488. The number of nitro benzene ring substituents is 1. The molecule has 1 aliphatic heterocycles. The van der Waals surface area contributed by atoms with Crippen LogP contribution in [0.2, 0.25) is 0 Å². The minimum atomic E-state index is -0.385. The maximum absolute atomic E-state index is 11.2. The Balaban J connectivity index is 2.25. The summed E-state index contributed by atoms with van der Waals surface area (Å²) in [5.41, 5.74) is 3.76. The molecule has 1 N–H and O–H groups in total. The Morgan fingerprint density at radius 2 is 2.00 bits per heavy atom. The zero-order chi connectivity index (χ0) is 14.7. The fraction of sp³-hybridized carbons (Fsp3) is 0.571. The Hall–Kier alpha value is -1.82. The van der Waals surface area contributed by atoms with Gasteiger partial charge < -0.3 is 10.2 Å². The number of nitrogens with one attached hydrogen (secondary N) is 1. The van der Waals surface area contributed by atoms with E-state index in [1.165, 1.54) is 19.6 Å². The first kappa shape index (κ1) is 14.6. The number of nitro groups is 1. The first-order valence-electron chi connectivity index (χ1n) is 6.90. The summed E-state index contributed by atoms with van der Waals surface area (Å²) in [6.45, 7) is 4.27. The van der Waals surface area contributed by atoms with Gasteiger partial charge in [0.05, 0.1) is 18.1 Å². The number of hydrogen-bond acceptors (Lipinski definition) is 5. The summed E-state index contributed by atoms with van der Waals surface area (Å²) in [5, 5.41) is 13.3. The van der Waals surface area contributed by atoms with E-state index in [4.69, 9.17) is 4.74 Å². The Morgan fingerprint density at radius 3 is 2.55 bits per heavy atom. The molecule has 6 nitrogen and oxygen atoms in total. The third kappa shape index (κ3) is 3.01. The molecule has 110 valence electrons. The van der Waals surface area contributed by atoms with Gasteiger partial charge in [-0.15, -0.1) is 0 Å². The van der Waals surface area contributed by atoms with E-state index >= 15 is 0 Å². The van der Waals surface area contributed by atoms with E-state index in [2.05, 4.69) is 24.3 Å². The Labute approximate surface area is 118 Å². The third-order valence-corrected chi connectivity index (χ3v) is 3.84. The highest BCUT2D eigenvalue weighted by Gasteiger charge is 2.27. The van der Waals surface area contributed by atoms with Crippen LogP contribution in [0.3, 0.4) is 0 Å². The molecule has 6 heteroatoms. The minimum absolute atomic E-state index is 0.0364. The average molecular weight is 279 g/mol. The van der Waals surface area contributed by atoms with Crippen LogP contribution in [-0.2, 0) is 0 Å². The zero-order valence-electron chi connectivity index (χ0n) is 12.1. The molecule has 2 atom stereocenters. The van der Waals surface area contributed by atoms with Crippen LogP contribution in [0.4, 0.5) is 11.4 Å². The second-order valence-electron chi connectivity index (χ2n) is 5.29. The fourth-order valence-electron chi connectivity index (χ4n) is 2.66. The third-order valence-electron chi connectivity index (χ3n) is 3.84. The molecule has 1 aliphatic rings. The topological polar surface area (TPSA) is 67.6 Å². The van der Waals surface area contributed by atoms with Crippen molar-refractivity contribution in [1.29, 1.82) is 0 Å². The molecule has 2 rings (SSSR count). The molecular weight excluding hydrogens is 258 g/mol. The molecule has 1 aromatic rings. The van der Waals surface area contributed by atoms with E-state index in [9.17, 15) is 10.1 Å². The van der Waals surface area contributed by atoms with Crippen LogP contribution in [-0.4, -0.2) is 29.1 Å². The molecule has 2 unspecified atom stereocenters. The number of hydrogen-bond donors (Lipinski definition) is 1. The lowest BCUT2D eigenvalue weighted by Crippen LogP contribution is -2.47. The lowest BCUT2D eigenvalue weighted by atomic mass is 10.00. The van der Waals surface area contributed by atoms with Crippen LogP contribution in [0.15, 0.2) is 18.2 Å². The second-order valence-corrected chi connectivity index (χ2v) is 5.29. The Morgan fingerprint density at radius 1 is 1.35 bits per heavy atom. The van der Waals surface area contributed by atoms with Crippen molar-refractivity contribution in [2.45, 2.75) is 45.2 Å². The fourth-order valence-corrected chi connectivity index (χ4v) is 2.66. The van der Waals surface area contributed by atoms with Gasteiger partial charge in [-0.25, -0.2) is 5.01 Å². The first-order valence-corrected chi connectivity index (χ1v) is 6.90. The number of benzene rings is 1. The molecule has 20 heavy (non-hydrogen) atoms. The number of piperidine rings is 1. The number of nitrogens with zero attached hydrogens (tertiary/aromatic N) is 2. The molecule has 1 fully saturated rings. The molecule has 1 aromatic carbocycles. The quantitative estimate of drug-likeness (QED) is 0.677. The largest absolute Gasteiger partial charge is 0.496 e. The van der Waals surface area contributed by atoms with Crippen molar-refractivity contribution in [2.24, 2.45) is 0 Å². The Bertz CT molecular complexity index is 483. The monoisotopic (exact) mass is 279 g/mol. The highest BCUT2D eigenvalue weighted by atomic mass is 16.6. The van der Waals surface area contributed by atoms with E-state index in [1.807, 2.05) is 0 Å². The molecule has 0 aliphatic carbocycles. The first-order chi connectivity index (χ1) is 9.52. The van der Waals surface area contributed by atoms with Crippen molar-refractivity contribution >= 4 is 11.4 Å². The molecule has 0 spiro atoms. The van der Waals surface area contributed by atoms with Gasteiger partial charge in [-0.05, 0) is 38.8 Å². The number of rotatable bonds is 4. The second kappa shape index (κ2) is 6.09. The molecule has 1 saturated heterocycles. The summed E-state index contributed by atoms with van der Waals surface area (Å²) >= 11 is 0. The van der Waals surface area contributed by atoms with E-state index in [0.29, 0.717) is 23.5 Å². The smallest absolute Gasteiger partial charge is 0.297 e. The van der Waals surface area contributed by atoms with Crippen LogP contribution in [0, 0.1) is 10.1 Å². The average Bonchev–Trinajstić information content (AvgIpc) is 2.43. The predicted molar refractivity (Wildman–Crippen MR) is 77.9 cm³/mol. The van der Waals surface area contributed by atoms with Crippen LogP contribution < -0.4 is 10.2 Å². The highest BCUT2D eigenvalue weighted by Crippen LogP contribution is 2.31. The summed E-state index contributed by atoms with van der Waals surface area (Å²) in [6.07, 6.45) is 3.40. The normalized spacial score (nSPS) is 23.4. The van der Waals surface area contributed by atoms with Crippen molar-refractivity contribution in [3.8, 4) is 5.75 Å². The van der Waals surface area contributed by atoms with Crippen molar-refractivity contribution in [3.05, 3.63) is 28.3 Å². The van der Waals surface area contributed by atoms with Gasteiger partial charge in [0, 0.05) is 12.1 Å². The highest BCUT2D eigenvalue weighted by molar-refractivity contribution is 5.63. The maximum Gasteiger partial charge on any atom is 0.297 e.